The van der Waals surface area contributed by atoms with E-state index >= 15 is 0 Å². The lowest BCUT2D eigenvalue weighted by Crippen LogP contribution is -2.43. The van der Waals surface area contributed by atoms with E-state index in [1.54, 1.807) is 17.0 Å². The van der Waals surface area contributed by atoms with Crippen LogP contribution >= 0.6 is 0 Å². The number of carbonyl (C=O) groups is 2. The molecule has 2 aromatic carbocycles. The number of hydrogen-bond acceptors (Lipinski definition) is 2. The maximum absolute atomic E-state index is 13.8. The van der Waals surface area contributed by atoms with E-state index in [9.17, 15) is 14.0 Å². The quantitative estimate of drug-likeness (QED) is 0.874. The number of nitrogens with zero attached hydrogens (tertiary/aromatic N) is 1. The van der Waals surface area contributed by atoms with Crippen LogP contribution < -0.4 is 10.6 Å². The molecular formula is C20H22FN3O2. The fourth-order valence-electron chi connectivity index (χ4n) is 3.04. The number of anilines is 2. The molecule has 136 valence electrons. The maximum Gasteiger partial charge on any atom is 0.321 e. The number of piperidine rings is 1. The number of aryl methyl sites for hydroxylation is 1. The molecule has 1 heterocycles. The minimum atomic E-state index is -0.441. The highest BCUT2D eigenvalue weighted by atomic mass is 19.1. The van der Waals surface area contributed by atoms with Crippen molar-refractivity contribution in [1.82, 2.24) is 4.90 Å². The van der Waals surface area contributed by atoms with Crippen LogP contribution in [-0.4, -0.2) is 29.9 Å². The molecule has 2 aromatic rings. The molecule has 3 rings (SSSR count). The molecule has 0 unspecified atom stereocenters. The number of halogens is 1. The molecule has 5 nitrogen and oxygen atoms in total. The lowest BCUT2D eigenvalue weighted by molar-refractivity contribution is -0.121. The summed E-state index contributed by atoms with van der Waals surface area (Å²) in [6.45, 7) is 2.83. The first-order valence-electron chi connectivity index (χ1n) is 8.71. The zero-order valence-electron chi connectivity index (χ0n) is 14.7. The van der Waals surface area contributed by atoms with Crippen molar-refractivity contribution in [3.63, 3.8) is 0 Å². The second kappa shape index (κ2) is 7.99. The van der Waals surface area contributed by atoms with Gasteiger partial charge in [0.1, 0.15) is 5.82 Å². The predicted molar refractivity (Wildman–Crippen MR) is 99.5 cm³/mol. The molecular weight excluding hydrogens is 333 g/mol. The van der Waals surface area contributed by atoms with Gasteiger partial charge in [-0.15, -0.1) is 0 Å². The number of likely N-dealkylation sites (tertiary alicyclic amines) is 1. The van der Waals surface area contributed by atoms with E-state index in [0.717, 1.165) is 11.3 Å². The van der Waals surface area contributed by atoms with Gasteiger partial charge in [0.05, 0.1) is 5.69 Å². The van der Waals surface area contributed by atoms with Gasteiger partial charge in [-0.05, 0) is 49.6 Å². The molecule has 26 heavy (non-hydrogen) atoms. The molecule has 0 radical (unpaired) electrons. The number of rotatable bonds is 3. The Morgan fingerprint density at radius 3 is 2.42 bits per heavy atom. The van der Waals surface area contributed by atoms with E-state index in [0.29, 0.717) is 25.9 Å². The van der Waals surface area contributed by atoms with Crippen molar-refractivity contribution in [2.24, 2.45) is 5.92 Å². The molecule has 0 aliphatic carbocycles. The zero-order valence-corrected chi connectivity index (χ0v) is 14.7. The molecule has 0 atom stereocenters. The fourth-order valence-corrected chi connectivity index (χ4v) is 3.04. The molecule has 1 aliphatic heterocycles. The Balaban J connectivity index is 1.52. The average Bonchev–Trinajstić information content (AvgIpc) is 2.65. The maximum atomic E-state index is 13.8. The van der Waals surface area contributed by atoms with Gasteiger partial charge in [0.25, 0.3) is 0 Å². The van der Waals surface area contributed by atoms with Gasteiger partial charge in [0.15, 0.2) is 0 Å². The van der Waals surface area contributed by atoms with Crippen molar-refractivity contribution in [2.45, 2.75) is 19.8 Å². The Morgan fingerprint density at radius 1 is 1.04 bits per heavy atom. The zero-order chi connectivity index (χ0) is 18.5. The van der Waals surface area contributed by atoms with E-state index < -0.39 is 5.82 Å². The van der Waals surface area contributed by atoms with Crippen LogP contribution in [0.15, 0.2) is 48.5 Å². The first kappa shape index (κ1) is 17.9. The summed E-state index contributed by atoms with van der Waals surface area (Å²) < 4.78 is 13.8. The summed E-state index contributed by atoms with van der Waals surface area (Å²) in [7, 11) is 0. The van der Waals surface area contributed by atoms with Gasteiger partial charge < -0.3 is 15.5 Å². The number of urea groups is 1. The number of carbonyl (C=O) groups excluding carboxylic acids is 2. The molecule has 1 saturated heterocycles. The largest absolute Gasteiger partial charge is 0.324 e. The monoisotopic (exact) mass is 355 g/mol. The normalized spacial score (nSPS) is 14.8. The number of amides is 3. The van der Waals surface area contributed by atoms with Crippen LogP contribution in [0.1, 0.15) is 18.4 Å². The van der Waals surface area contributed by atoms with Gasteiger partial charge in [0.2, 0.25) is 5.91 Å². The Bertz CT molecular complexity index is 787. The van der Waals surface area contributed by atoms with Crippen LogP contribution in [0.3, 0.4) is 0 Å². The molecule has 0 spiro atoms. The van der Waals surface area contributed by atoms with Crippen LogP contribution in [0.4, 0.5) is 20.6 Å². The van der Waals surface area contributed by atoms with Crippen LogP contribution in [0.2, 0.25) is 0 Å². The summed E-state index contributed by atoms with van der Waals surface area (Å²) in [6, 6.07) is 13.7. The Morgan fingerprint density at radius 2 is 1.73 bits per heavy atom. The van der Waals surface area contributed by atoms with Gasteiger partial charge in [-0.2, -0.15) is 0 Å². The fraction of sp³-hybridized carbons (Fsp3) is 0.300. The minimum absolute atomic E-state index is 0.167. The first-order valence-corrected chi connectivity index (χ1v) is 8.71. The third-order valence-corrected chi connectivity index (χ3v) is 4.56. The second-order valence-corrected chi connectivity index (χ2v) is 6.53. The summed E-state index contributed by atoms with van der Waals surface area (Å²) in [6.07, 6.45) is 1.11. The van der Waals surface area contributed by atoms with Crippen molar-refractivity contribution in [1.29, 1.82) is 0 Å². The van der Waals surface area contributed by atoms with Crippen molar-refractivity contribution < 1.29 is 14.0 Å². The molecule has 1 fully saturated rings. The molecule has 0 bridgehead atoms. The number of nitrogens with one attached hydrogen (secondary N) is 2. The van der Waals surface area contributed by atoms with Crippen LogP contribution in [0.25, 0.3) is 0 Å². The highest BCUT2D eigenvalue weighted by molar-refractivity contribution is 5.93. The first-order chi connectivity index (χ1) is 12.5. The van der Waals surface area contributed by atoms with Crippen LogP contribution in [0.5, 0.6) is 0 Å². The average molecular weight is 355 g/mol. The van der Waals surface area contributed by atoms with E-state index in [1.807, 2.05) is 37.3 Å². The molecule has 1 aliphatic rings. The summed E-state index contributed by atoms with van der Waals surface area (Å²) in [5, 5.41) is 5.52. The van der Waals surface area contributed by atoms with Crippen molar-refractivity contribution in [2.75, 3.05) is 23.7 Å². The Kier molecular flexibility index (Phi) is 5.51. The van der Waals surface area contributed by atoms with E-state index in [4.69, 9.17) is 0 Å². The van der Waals surface area contributed by atoms with Gasteiger partial charge in [-0.3, -0.25) is 4.79 Å². The van der Waals surface area contributed by atoms with Gasteiger partial charge in [0, 0.05) is 24.7 Å². The molecule has 0 saturated carbocycles. The standard InChI is InChI=1S/C20H22FN3O2/c1-14-7-8-17(21)18(13-14)23-19(25)15-9-11-24(12-10-15)20(26)22-16-5-3-2-4-6-16/h2-8,13,15H,9-12H2,1H3,(H,22,26)(H,23,25). The third kappa shape index (κ3) is 4.39. The summed E-state index contributed by atoms with van der Waals surface area (Å²) in [4.78, 5) is 26.4. The molecule has 6 heteroatoms. The third-order valence-electron chi connectivity index (χ3n) is 4.56. The minimum Gasteiger partial charge on any atom is -0.324 e. The molecule has 2 N–H and O–H groups in total. The van der Waals surface area contributed by atoms with E-state index in [1.165, 1.54) is 6.07 Å². The number of para-hydroxylation sites is 1. The van der Waals surface area contributed by atoms with Gasteiger partial charge in [-0.1, -0.05) is 24.3 Å². The van der Waals surface area contributed by atoms with Crippen molar-refractivity contribution in [3.05, 3.63) is 59.9 Å². The van der Waals surface area contributed by atoms with Crippen LogP contribution in [-0.2, 0) is 4.79 Å². The molecule has 3 amide bonds. The predicted octanol–water partition coefficient (Wildman–Crippen LogP) is 4.02. The van der Waals surface area contributed by atoms with Crippen LogP contribution in [0, 0.1) is 18.7 Å². The highest BCUT2D eigenvalue weighted by Gasteiger charge is 2.27. The summed E-state index contributed by atoms with van der Waals surface area (Å²) >= 11 is 0. The highest BCUT2D eigenvalue weighted by Crippen LogP contribution is 2.22. The van der Waals surface area contributed by atoms with Gasteiger partial charge >= 0.3 is 6.03 Å². The number of benzene rings is 2. The molecule has 0 aromatic heterocycles. The Hall–Kier alpha value is -2.89. The second-order valence-electron chi connectivity index (χ2n) is 6.53. The smallest absolute Gasteiger partial charge is 0.321 e. The summed E-state index contributed by atoms with van der Waals surface area (Å²) in [5.74, 6) is -0.864. The van der Waals surface area contributed by atoms with Crippen molar-refractivity contribution >= 4 is 23.3 Å². The van der Waals surface area contributed by atoms with E-state index in [-0.39, 0.29) is 23.5 Å². The van der Waals surface area contributed by atoms with E-state index in [2.05, 4.69) is 10.6 Å². The Labute approximate surface area is 152 Å². The lowest BCUT2D eigenvalue weighted by atomic mass is 9.96. The number of hydrogen-bond donors (Lipinski definition) is 2. The van der Waals surface area contributed by atoms with Gasteiger partial charge in [-0.25, -0.2) is 9.18 Å². The SMILES string of the molecule is Cc1ccc(F)c(NC(=O)C2CCN(C(=O)Nc3ccccc3)CC2)c1. The summed E-state index contributed by atoms with van der Waals surface area (Å²) in [5.41, 5.74) is 1.83. The van der Waals surface area contributed by atoms with Crippen molar-refractivity contribution in [3.8, 4) is 0 Å². The lowest BCUT2D eigenvalue weighted by Gasteiger charge is -2.31. The topological polar surface area (TPSA) is 61.4 Å².